The molecule has 142 valence electrons. The number of ether oxygens (including phenoxy) is 1. The molecule has 27 heavy (non-hydrogen) atoms. The molecule has 0 fully saturated rings. The molecule has 7 nitrogen and oxygen atoms in total. The summed E-state index contributed by atoms with van der Waals surface area (Å²) in [7, 11) is -1.92. The number of methoxy groups -OCH3 is 1. The van der Waals surface area contributed by atoms with Crippen LogP contribution in [0.1, 0.15) is 18.3 Å². The van der Waals surface area contributed by atoms with Gasteiger partial charge >= 0.3 is 0 Å². The third-order valence-corrected chi connectivity index (χ3v) is 6.04. The van der Waals surface area contributed by atoms with Crippen LogP contribution in [0.25, 0.3) is 10.9 Å². The number of benzene rings is 2. The zero-order valence-corrected chi connectivity index (χ0v) is 16.0. The van der Waals surface area contributed by atoms with E-state index in [1.54, 1.807) is 50.4 Å². The predicted octanol–water partition coefficient (Wildman–Crippen LogP) is 2.28. The largest absolute Gasteiger partial charge is 0.497 e. The topological polar surface area (TPSA) is 92.4 Å². The standard InChI is InChI=1S/C19H21N3O4S/c1-3-27(24,25)22(12-14-8-10-15(26-2)11-9-14)13-18-20-17-7-5-4-6-16(17)19(23)21-18/h4-11H,3,12-13H2,1-2H3,(H,20,21,23). The summed E-state index contributed by atoms with van der Waals surface area (Å²) in [6, 6.07) is 14.2. The Morgan fingerprint density at radius 1 is 1.07 bits per heavy atom. The summed E-state index contributed by atoms with van der Waals surface area (Å²) in [4.78, 5) is 19.4. The van der Waals surface area contributed by atoms with Gasteiger partial charge in [0.15, 0.2) is 0 Å². The van der Waals surface area contributed by atoms with Crippen molar-refractivity contribution in [2.75, 3.05) is 12.9 Å². The van der Waals surface area contributed by atoms with Crippen molar-refractivity contribution in [1.82, 2.24) is 14.3 Å². The third kappa shape index (κ3) is 4.35. The third-order valence-electron chi connectivity index (χ3n) is 4.26. The molecule has 2 aromatic carbocycles. The van der Waals surface area contributed by atoms with Gasteiger partial charge in [0, 0.05) is 6.54 Å². The van der Waals surface area contributed by atoms with Gasteiger partial charge in [0.25, 0.3) is 5.56 Å². The molecule has 3 aromatic rings. The van der Waals surface area contributed by atoms with Crippen molar-refractivity contribution in [3.8, 4) is 5.75 Å². The molecular formula is C19H21N3O4S. The van der Waals surface area contributed by atoms with Gasteiger partial charge in [0.1, 0.15) is 11.6 Å². The molecule has 0 aliphatic heterocycles. The van der Waals surface area contributed by atoms with Crippen LogP contribution in [0.4, 0.5) is 0 Å². The number of rotatable bonds is 7. The summed E-state index contributed by atoms with van der Waals surface area (Å²) in [5, 5.41) is 0.473. The minimum absolute atomic E-state index is 0.0116. The Morgan fingerprint density at radius 2 is 1.78 bits per heavy atom. The van der Waals surface area contributed by atoms with Crippen molar-refractivity contribution in [2.24, 2.45) is 0 Å². The van der Waals surface area contributed by atoms with E-state index >= 15 is 0 Å². The second kappa shape index (κ2) is 7.89. The molecule has 0 saturated carbocycles. The van der Waals surface area contributed by atoms with Crippen LogP contribution in [-0.2, 0) is 23.1 Å². The first-order valence-corrected chi connectivity index (χ1v) is 10.1. The van der Waals surface area contributed by atoms with Gasteiger partial charge in [-0.2, -0.15) is 4.31 Å². The Hall–Kier alpha value is -2.71. The molecule has 1 N–H and O–H groups in total. The summed E-state index contributed by atoms with van der Waals surface area (Å²) in [5.74, 6) is 0.967. The normalized spacial score (nSPS) is 11.8. The maximum absolute atomic E-state index is 12.6. The van der Waals surface area contributed by atoms with Gasteiger partial charge in [-0.25, -0.2) is 13.4 Å². The minimum Gasteiger partial charge on any atom is -0.497 e. The van der Waals surface area contributed by atoms with Crippen LogP contribution in [0, 0.1) is 0 Å². The number of nitrogens with one attached hydrogen (secondary N) is 1. The van der Waals surface area contributed by atoms with Crippen LogP contribution in [0.15, 0.2) is 53.3 Å². The van der Waals surface area contributed by atoms with Crippen molar-refractivity contribution in [2.45, 2.75) is 20.0 Å². The smallest absolute Gasteiger partial charge is 0.258 e. The summed E-state index contributed by atoms with van der Waals surface area (Å²) < 4.78 is 31.6. The highest BCUT2D eigenvalue weighted by atomic mass is 32.2. The van der Waals surface area contributed by atoms with E-state index in [1.165, 1.54) is 4.31 Å². The number of para-hydroxylation sites is 1. The van der Waals surface area contributed by atoms with E-state index in [4.69, 9.17) is 4.74 Å². The predicted molar refractivity (Wildman–Crippen MR) is 104 cm³/mol. The van der Waals surface area contributed by atoms with Crippen molar-refractivity contribution in [1.29, 1.82) is 0 Å². The van der Waals surface area contributed by atoms with Crippen LogP contribution in [0.5, 0.6) is 5.75 Å². The van der Waals surface area contributed by atoms with Crippen LogP contribution in [-0.4, -0.2) is 35.6 Å². The van der Waals surface area contributed by atoms with Gasteiger partial charge in [-0.3, -0.25) is 4.79 Å². The van der Waals surface area contributed by atoms with Gasteiger partial charge in [-0.15, -0.1) is 0 Å². The van der Waals surface area contributed by atoms with E-state index < -0.39 is 10.0 Å². The molecule has 3 rings (SSSR count). The molecule has 0 unspecified atom stereocenters. The minimum atomic E-state index is -3.50. The Morgan fingerprint density at radius 3 is 2.44 bits per heavy atom. The number of fused-ring (bicyclic) bond motifs is 1. The lowest BCUT2D eigenvalue weighted by Gasteiger charge is -2.21. The molecule has 0 atom stereocenters. The van der Waals surface area contributed by atoms with Crippen molar-refractivity contribution in [3.05, 3.63) is 70.3 Å². The SMILES string of the molecule is CCS(=O)(=O)N(Cc1ccc(OC)cc1)Cc1nc2ccccc2c(=O)[nH]1. The first-order chi connectivity index (χ1) is 12.9. The average Bonchev–Trinajstić information content (AvgIpc) is 2.68. The van der Waals surface area contributed by atoms with E-state index in [-0.39, 0.29) is 24.4 Å². The number of sulfonamides is 1. The summed E-state index contributed by atoms with van der Waals surface area (Å²) in [5.41, 5.74) is 1.07. The molecule has 0 amide bonds. The number of H-pyrrole nitrogens is 1. The highest BCUT2D eigenvalue weighted by molar-refractivity contribution is 7.89. The van der Waals surface area contributed by atoms with Crippen LogP contribution in [0.3, 0.4) is 0 Å². The number of hydrogen-bond acceptors (Lipinski definition) is 5. The van der Waals surface area contributed by atoms with Gasteiger partial charge in [0.2, 0.25) is 10.0 Å². The molecule has 0 aliphatic rings. The second-order valence-corrected chi connectivity index (χ2v) is 8.30. The van der Waals surface area contributed by atoms with Crippen molar-refractivity contribution in [3.63, 3.8) is 0 Å². The number of hydrogen-bond donors (Lipinski definition) is 1. The lowest BCUT2D eigenvalue weighted by atomic mass is 10.2. The molecule has 0 aliphatic carbocycles. The Labute approximate surface area is 157 Å². The van der Waals surface area contributed by atoms with Gasteiger partial charge in [-0.05, 0) is 36.8 Å². The molecular weight excluding hydrogens is 366 g/mol. The number of aromatic amines is 1. The summed E-state index contributed by atoms with van der Waals surface area (Å²) in [6.45, 7) is 1.76. The molecule has 0 bridgehead atoms. The Kier molecular flexibility index (Phi) is 5.57. The number of aromatic nitrogens is 2. The van der Waals surface area contributed by atoms with Gasteiger partial charge in [-0.1, -0.05) is 24.3 Å². The van der Waals surface area contributed by atoms with Gasteiger partial charge in [0.05, 0.1) is 30.3 Å². The first-order valence-electron chi connectivity index (χ1n) is 8.51. The maximum atomic E-state index is 12.6. The van der Waals surface area contributed by atoms with E-state index in [1.807, 2.05) is 12.1 Å². The zero-order valence-electron chi connectivity index (χ0n) is 15.2. The highest BCUT2D eigenvalue weighted by Gasteiger charge is 2.22. The molecule has 1 aromatic heterocycles. The summed E-state index contributed by atoms with van der Waals surface area (Å²) >= 11 is 0. The van der Waals surface area contributed by atoms with Crippen LogP contribution >= 0.6 is 0 Å². The van der Waals surface area contributed by atoms with Crippen LogP contribution < -0.4 is 10.3 Å². The first kappa shape index (κ1) is 19.1. The quantitative estimate of drug-likeness (QED) is 0.671. The maximum Gasteiger partial charge on any atom is 0.258 e. The molecule has 0 spiro atoms. The fraction of sp³-hybridized carbons (Fsp3) is 0.263. The monoisotopic (exact) mass is 387 g/mol. The van der Waals surface area contributed by atoms with Gasteiger partial charge < -0.3 is 9.72 Å². The lowest BCUT2D eigenvalue weighted by molar-refractivity contribution is 0.391. The second-order valence-electron chi connectivity index (χ2n) is 6.05. The zero-order chi connectivity index (χ0) is 19.4. The molecule has 0 saturated heterocycles. The fourth-order valence-corrected chi connectivity index (χ4v) is 3.78. The van der Waals surface area contributed by atoms with E-state index in [2.05, 4.69) is 9.97 Å². The molecule has 0 radical (unpaired) electrons. The molecule has 1 heterocycles. The lowest BCUT2D eigenvalue weighted by Crippen LogP contribution is -2.33. The van der Waals surface area contributed by atoms with Crippen molar-refractivity contribution < 1.29 is 13.2 Å². The highest BCUT2D eigenvalue weighted by Crippen LogP contribution is 2.17. The Bertz CT molecular complexity index is 1090. The number of nitrogens with zero attached hydrogens (tertiary/aromatic N) is 2. The van der Waals surface area contributed by atoms with Crippen molar-refractivity contribution >= 4 is 20.9 Å². The molecule has 8 heteroatoms. The Balaban J connectivity index is 1.93. The van der Waals surface area contributed by atoms with E-state index in [0.29, 0.717) is 22.5 Å². The fourth-order valence-electron chi connectivity index (χ4n) is 2.75. The average molecular weight is 387 g/mol. The van der Waals surface area contributed by atoms with E-state index in [0.717, 1.165) is 5.56 Å². The van der Waals surface area contributed by atoms with E-state index in [9.17, 15) is 13.2 Å². The summed E-state index contributed by atoms with van der Waals surface area (Å²) in [6.07, 6.45) is 0. The van der Waals surface area contributed by atoms with Crippen LogP contribution in [0.2, 0.25) is 0 Å².